The summed E-state index contributed by atoms with van der Waals surface area (Å²) in [6.07, 6.45) is 0. The van der Waals surface area contributed by atoms with E-state index in [1.807, 2.05) is 6.07 Å². The summed E-state index contributed by atoms with van der Waals surface area (Å²) in [5.41, 5.74) is 0.769. The van der Waals surface area contributed by atoms with Gasteiger partial charge in [0.25, 0.3) is 0 Å². The molecule has 2 nitrogen and oxygen atoms in total. The van der Waals surface area contributed by atoms with Gasteiger partial charge in [-0.15, -0.1) is 0 Å². The van der Waals surface area contributed by atoms with Gasteiger partial charge in [0, 0.05) is 0 Å². The van der Waals surface area contributed by atoms with E-state index >= 15 is 0 Å². The number of benzene rings is 1. The maximum absolute atomic E-state index is 12.8. The molecule has 0 aliphatic rings. The summed E-state index contributed by atoms with van der Waals surface area (Å²) in [6, 6.07) is 8.05. The molecule has 0 aliphatic heterocycles. The van der Waals surface area contributed by atoms with Gasteiger partial charge in [-0.1, -0.05) is 0 Å². The lowest BCUT2D eigenvalue weighted by molar-refractivity contribution is 0.266. The van der Waals surface area contributed by atoms with E-state index in [0.717, 1.165) is 11.3 Å². The zero-order chi connectivity index (χ0) is 11.5. The maximum Gasteiger partial charge on any atom is 0.169 e. The van der Waals surface area contributed by atoms with Crippen molar-refractivity contribution < 1.29 is 13.5 Å². The number of hydrogen-bond acceptors (Lipinski definition) is 2. The van der Waals surface area contributed by atoms with Gasteiger partial charge in [-0.3, -0.25) is 0 Å². The average molecular weight is 285 g/mol. The number of ether oxygens (including phenoxy) is 1. The molecule has 4 heteroatoms. The minimum atomic E-state index is -0.259. The van der Waals surface area contributed by atoms with Crippen LogP contribution in [0.5, 0.6) is 5.75 Å². The van der Waals surface area contributed by atoms with Gasteiger partial charge in [-0.25, -0.2) is 4.39 Å². The smallest absolute Gasteiger partial charge is 0.169 e. The summed E-state index contributed by atoms with van der Waals surface area (Å²) < 4.78 is 24.3. The fourth-order valence-corrected chi connectivity index (χ4v) is 1.69. The molecule has 16 heavy (non-hydrogen) atoms. The summed E-state index contributed by atoms with van der Waals surface area (Å²) in [5.74, 6) is 1.12. The Balaban J connectivity index is 2.04. The van der Waals surface area contributed by atoms with Crippen molar-refractivity contribution in [2.75, 3.05) is 0 Å². The lowest BCUT2D eigenvalue weighted by Crippen LogP contribution is -1.95. The van der Waals surface area contributed by atoms with Crippen molar-refractivity contribution in [2.24, 2.45) is 0 Å². The molecule has 2 aromatic rings. The van der Waals surface area contributed by atoms with Crippen LogP contribution in [0.2, 0.25) is 0 Å². The average Bonchev–Trinajstić information content (AvgIpc) is 2.63. The van der Waals surface area contributed by atoms with Crippen molar-refractivity contribution in [1.29, 1.82) is 0 Å². The summed E-state index contributed by atoms with van der Waals surface area (Å²) in [5, 5.41) is 0. The first-order chi connectivity index (χ1) is 7.65. The van der Waals surface area contributed by atoms with Crippen LogP contribution in [0.3, 0.4) is 0 Å². The molecule has 0 saturated heterocycles. The SMILES string of the molecule is Cc1cc(F)ccc1OCc1ccc(Br)o1. The maximum atomic E-state index is 12.8. The third kappa shape index (κ3) is 2.64. The zero-order valence-electron chi connectivity index (χ0n) is 8.67. The van der Waals surface area contributed by atoms with Crippen LogP contribution in [-0.4, -0.2) is 0 Å². The van der Waals surface area contributed by atoms with E-state index in [9.17, 15) is 4.39 Å². The van der Waals surface area contributed by atoms with Crippen molar-refractivity contribution in [3.05, 3.63) is 52.1 Å². The fraction of sp³-hybridized carbons (Fsp3) is 0.167. The summed E-state index contributed by atoms with van der Waals surface area (Å²) >= 11 is 3.21. The van der Waals surface area contributed by atoms with Crippen LogP contribution in [0.1, 0.15) is 11.3 Å². The molecule has 0 radical (unpaired) electrons. The number of halogens is 2. The number of furan rings is 1. The predicted octanol–water partition coefficient (Wildman–Crippen LogP) is 4.07. The van der Waals surface area contributed by atoms with Crippen molar-refractivity contribution in [3.8, 4) is 5.75 Å². The zero-order valence-corrected chi connectivity index (χ0v) is 10.3. The highest BCUT2D eigenvalue weighted by Gasteiger charge is 2.04. The van der Waals surface area contributed by atoms with Gasteiger partial charge in [0.2, 0.25) is 0 Å². The summed E-state index contributed by atoms with van der Waals surface area (Å²) in [6.45, 7) is 2.13. The molecule has 1 aromatic carbocycles. The topological polar surface area (TPSA) is 22.4 Å². The molecule has 0 bridgehead atoms. The Morgan fingerprint density at radius 2 is 2.12 bits per heavy atom. The van der Waals surface area contributed by atoms with Gasteiger partial charge in [-0.2, -0.15) is 0 Å². The molecule has 0 saturated carbocycles. The third-order valence-electron chi connectivity index (χ3n) is 2.14. The summed E-state index contributed by atoms with van der Waals surface area (Å²) in [7, 11) is 0. The number of rotatable bonds is 3. The second-order valence-electron chi connectivity index (χ2n) is 3.40. The van der Waals surface area contributed by atoms with Gasteiger partial charge in [-0.05, 0) is 58.7 Å². The first-order valence-corrected chi connectivity index (χ1v) is 5.57. The van der Waals surface area contributed by atoms with Crippen molar-refractivity contribution >= 4 is 15.9 Å². The summed E-state index contributed by atoms with van der Waals surface area (Å²) in [4.78, 5) is 0. The normalized spacial score (nSPS) is 10.4. The van der Waals surface area contributed by atoms with Gasteiger partial charge in [0.15, 0.2) is 4.67 Å². The van der Waals surface area contributed by atoms with E-state index in [1.54, 1.807) is 19.1 Å². The van der Waals surface area contributed by atoms with Gasteiger partial charge >= 0.3 is 0 Å². The monoisotopic (exact) mass is 284 g/mol. The lowest BCUT2D eigenvalue weighted by atomic mass is 10.2. The van der Waals surface area contributed by atoms with Gasteiger partial charge < -0.3 is 9.15 Å². The van der Waals surface area contributed by atoms with E-state index in [-0.39, 0.29) is 5.82 Å². The standard InChI is InChI=1S/C12H10BrFO2/c1-8-6-9(14)2-4-11(8)15-7-10-3-5-12(13)16-10/h2-6H,7H2,1H3. The van der Waals surface area contributed by atoms with E-state index in [4.69, 9.17) is 9.15 Å². The molecule has 1 heterocycles. The van der Waals surface area contributed by atoms with Crippen LogP contribution in [0.25, 0.3) is 0 Å². The first-order valence-electron chi connectivity index (χ1n) is 4.78. The van der Waals surface area contributed by atoms with Crippen LogP contribution in [-0.2, 0) is 6.61 Å². The Labute approximate surface area is 101 Å². The molecule has 0 fully saturated rings. The molecular formula is C12H10BrFO2. The lowest BCUT2D eigenvalue weighted by Gasteiger charge is -2.07. The highest BCUT2D eigenvalue weighted by molar-refractivity contribution is 9.10. The largest absolute Gasteiger partial charge is 0.485 e. The van der Waals surface area contributed by atoms with Crippen molar-refractivity contribution in [3.63, 3.8) is 0 Å². The van der Waals surface area contributed by atoms with Gasteiger partial charge in [0.1, 0.15) is 23.9 Å². The number of aryl methyl sites for hydroxylation is 1. The van der Waals surface area contributed by atoms with Crippen LogP contribution in [0, 0.1) is 12.7 Å². The minimum absolute atomic E-state index is 0.259. The Kier molecular flexibility index (Phi) is 3.29. The Morgan fingerprint density at radius 1 is 1.31 bits per heavy atom. The highest BCUT2D eigenvalue weighted by atomic mass is 79.9. The quantitative estimate of drug-likeness (QED) is 0.848. The molecule has 0 atom stereocenters. The molecule has 84 valence electrons. The van der Waals surface area contributed by atoms with Crippen LogP contribution in [0.4, 0.5) is 4.39 Å². The third-order valence-corrected chi connectivity index (χ3v) is 2.56. The van der Waals surface area contributed by atoms with Crippen LogP contribution < -0.4 is 4.74 Å². The van der Waals surface area contributed by atoms with E-state index in [2.05, 4.69) is 15.9 Å². The molecule has 0 aliphatic carbocycles. The van der Waals surface area contributed by atoms with E-state index in [1.165, 1.54) is 12.1 Å². The second kappa shape index (κ2) is 4.70. The van der Waals surface area contributed by atoms with Crippen LogP contribution >= 0.6 is 15.9 Å². The Morgan fingerprint density at radius 3 is 2.75 bits per heavy atom. The molecule has 2 rings (SSSR count). The second-order valence-corrected chi connectivity index (χ2v) is 4.19. The molecular weight excluding hydrogens is 275 g/mol. The van der Waals surface area contributed by atoms with Crippen molar-refractivity contribution in [1.82, 2.24) is 0 Å². The Hall–Kier alpha value is -1.29. The molecule has 0 amide bonds. The van der Waals surface area contributed by atoms with E-state index in [0.29, 0.717) is 17.0 Å². The molecule has 0 spiro atoms. The molecule has 0 N–H and O–H groups in total. The number of hydrogen-bond donors (Lipinski definition) is 0. The van der Waals surface area contributed by atoms with Crippen molar-refractivity contribution in [2.45, 2.75) is 13.5 Å². The first kappa shape index (κ1) is 11.2. The highest BCUT2D eigenvalue weighted by Crippen LogP contribution is 2.21. The fourth-order valence-electron chi connectivity index (χ4n) is 1.35. The predicted molar refractivity (Wildman–Crippen MR) is 61.9 cm³/mol. The van der Waals surface area contributed by atoms with E-state index < -0.39 is 0 Å². The minimum Gasteiger partial charge on any atom is -0.485 e. The molecule has 0 unspecified atom stereocenters. The molecule has 1 aromatic heterocycles. The van der Waals surface area contributed by atoms with Gasteiger partial charge in [0.05, 0.1) is 0 Å². The van der Waals surface area contributed by atoms with Crippen LogP contribution in [0.15, 0.2) is 39.4 Å². The Bertz CT molecular complexity index is 494.